The standard InChI is InChI=1S/C12H12N4O/c1-8-7-10(15-16-11(8)12(13)17)14-9-5-3-2-4-6-9/h2-7H,1H3,(H2,13,17)(H,14,15). The number of hydrogen-bond acceptors (Lipinski definition) is 4. The van der Waals surface area contributed by atoms with E-state index in [-0.39, 0.29) is 5.69 Å². The Morgan fingerprint density at radius 2 is 1.94 bits per heavy atom. The molecule has 0 spiro atoms. The molecule has 0 atom stereocenters. The van der Waals surface area contributed by atoms with Crippen molar-refractivity contribution in [3.63, 3.8) is 0 Å². The van der Waals surface area contributed by atoms with Gasteiger partial charge in [-0.2, -0.15) is 0 Å². The van der Waals surface area contributed by atoms with E-state index >= 15 is 0 Å². The number of aryl methyl sites for hydroxylation is 1. The van der Waals surface area contributed by atoms with E-state index < -0.39 is 5.91 Å². The third-order valence-corrected chi connectivity index (χ3v) is 2.26. The third-order valence-electron chi connectivity index (χ3n) is 2.26. The zero-order chi connectivity index (χ0) is 12.3. The molecular weight excluding hydrogens is 216 g/mol. The molecule has 17 heavy (non-hydrogen) atoms. The zero-order valence-corrected chi connectivity index (χ0v) is 9.34. The van der Waals surface area contributed by atoms with Crippen molar-refractivity contribution in [2.45, 2.75) is 6.92 Å². The molecule has 0 fully saturated rings. The number of primary amides is 1. The van der Waals surface area contributed by atoms with Crippen LogP contribution in [0.5, 0.6) is 0 Å². The van der Waals surface area contributed by atoms with Crippen LogP contribution in [0.2, 0.25) is 0 Å². The molecule has 86 valence electrons. The minimum Gasteiger partial charge on any atom is -0.364 e. The Bertz CT molecular complexity index is 539. The number of aromatic nitrogens is 2. The van der Waals surface area contributed by atoms with Gasteiger partial charge in [-0.05, 0) is 30.7 Å². The predicted octanol–water partition coefficient (Wildman–Crippen LogP) is 1.63. The molecule has 0 aliphatic carbocycles. The lowest BCUT2D eigenvalue weighted by Crippen LogP contribution is -2.16. The number of nitrogens with one attached hydrogen (secondary N) is 1. The lowest BCUT2D eigenvalue weighted by atomic mass is 10.2. The maximum atomic E-state index is 11.0. The van der Waals surface area contributed by atoms with Gasteiger partial charge in [0.15, 0.2) is 11.5 Å². The molecule has 0 radical (unpaired) electrons. The molecule has 0 aliphatic heterocycles. The predicted molar refractivity (Wildman–Crippen MR) is 65.0 cm³/mol. The van der Waals surface area contributed by atoms with Crippen LogP contribution in [-0.2, 0) is 0 Å². The number of rotatable bonds is 3. The normalized spacial score (nSPS) is 9.94. The van der Waals surface area contributed by atoms with Crippen LogP contribution in [0.4, 0.5) is 11.5 Å². The summed E-state index contributed by atoms with van der Waals surface area (Å²) < 4.78 is 0. The summed E-state index contributed by atoms with van der Waals surface area (Å²) in [4.78, 5) is 11.0. The quantitative estimate of drug-likeness (QED) is 0.836. The highest BCUT2D eigenvalue weighted by atomic mass is 16.1. The van der Waals surface area contributed by atoms with Crippen molar-refractivity contribution in [3.8, 4) is 0 Å². The fraction of sp³-hybridized carbons (Fsp3) is 0.0833. The number of carbonyl (C=O) groups is 1. The molecule has 1 aromatic carbocycles. The highest BCUT2D eigenvalue weighted by Crippen LogP contribution is 2.15. The Balaban J connectivity index is 2.24. The van der Waals surface area contributed by atoms with Gasteiger partial charge >= 0.3 is 0 Å². The summed E-state index contributed by atoms with van der Waals surface area (Å²) in [5, 5.41) is 10.8. The second-order valence-corrected chi connectivity index (χ2v) is 3.62. The van der Waals surface area contributed by atoms with Gasteiger partial charge in [0.25, 0.3) is 5.91 Å². The van der Waals surface area contributed by atoms with Crippen molar-refractivity contribution in [3.05, 3.63) is 47.7 Å². The van der Waals surface area contributed by atoms with Crippen molar-refractivity contribution >= 4 is 17.4 Å². The first-order chi connectivity index (χ1) is 8.16. The monoisotopic (exact) mass is 228 g/mol. The Kier molecular flexibility index (Phi) is 3.00. The van der Waals surface area contributed by atoms with E-state index in [9.17, 15) is 4.79 Å². The first kappa shape index (κ1) is 11.1. The van der Waals surface area contributed by atoms with Gasteiger partial charge in [0, 0.05) is 5.69 Å². The number of carbonyl (C=O) groups excluding carboxylic acids is 1. The van der Waals surface area contributed by atoms with Gasteiger partial charge in [0.2, 0.25) is 0 Å². The van der Waals surface area contributed by atoms with Crippen molar-refractivity contribution in [1.29, 1.82) is 0 Å². The molecule has 5 heteroatoms. The Morgan fingerprint density at radius 3 is 2.53 bits per heavy atom. The number of para-hydroxylation sites is 1. The van der Waals surface area contributed by atoms with Crippen molar-refractivity contribution < 1.29 is 4.79 Å². The van der Waals surface area contributed by atoms with Gasteiger partial charge in [-0.3, -0.25) is 4.79 Å². The van der Waals surface area contributed by atoms with Crippen LogP contribution in [0.3, 0.4) is 0 Å². The average molecular weight is 228 g/mol. The van der Waals surface area contributed by atoms with Gasteiger partial charge < -0.3 is 11.1 Å². The van der Waals surface area contributed by atoms with Crippen LogP contribution in [0.15, 0.2) is 36.4 Å². The van der Waals surface area contributed by atoms with Gasteiger partial charge in [0.1, 0.15) is 0 Å². The minimum absolute atomic E-state index is 0.198. The number of nitrogens with two attached hydrogens (primary N) is 1. The molecule has 1 aromatic heterocycles. The summed E-state index contributed by atoms with van der Waals surface area (Å²) >= 11 is 0. The number of anilines is 2. The van der Waals surface area contributed by atoms with E-state index in [0.29, 0.717) is 11.4 Å². The van der Waals surface area contributed by atoms with Crippen molar-refractivity contribution in [2.24, 2.45) is 5.73 Å². The lowest BCUT2D eigenvalue weighted by Gasteiger charge is -2.06. The highest BCUT2D eigenvalue weighted by molar-refractivity contribution is 5.92. The first-order valence-electron chi connectivity index (χ1n) is 5.13. The molecule has 0 unspecified atom stereocenters. The van der Waals surface area contributed by atoms with Gasteiger partial charge in [-0.25, -0.2) is 0 Å². The number of amides is 1. The van der Waals surface area contributed by atoms with E-state index in [1.165, 1.54) is 0 Å². The van der Waals surface area contributed by atoms with Crippen molar-refractivity contribution in [2.75, 3.05) is 5.32 Å². The molecule has 0 saturated heterocycles. The second kappa shape index (κ2) is 4.61. The molecule has 0 bridgehead atoms. The number of benzene rings is 1. The molecule has 0 saturated carbocycles. The average Bonchev–Trinajstić information content (AvgIpc) is 2.30. The Labute approximate surface area is 98.7 Å². The van der Waals surface area contributed by atoms with Gasteiger partial charge in [0.05, 0.1) is 0 Å². The molecule has 1 amide bonds. The third kappa shape index (κ3) is 2.57. The van der Waals surface area contributed by atoms with Crippen LogP contribution in [0.1, 0.15) is 16.1 Å². The molecule has 1 heterocycles. The summed E-state index contributed by atoms with van der Waals surface area (Å²) in [5.41, 5.74) is 6.96. The van der Waals surface area contributed by atoms with Crippen LogP contribution in [0.25, 0.3) is 0 Å². The Hall–Kier alpha value is -2.43. The van der Waals surface area contributed by atoms with E-state index in [4.69, 9.17) is 5.73 Å². The lowest BCUT2D eigenvalue weighted by molar-refractivity contribution is 0.0994. The summed E-state index contributed by atoms with van der Waals surface area (Å²) in [6.45, 7) is 1.77. The Morgan fingerprint density at radius 1 is 1.24 bits per heavy atom. The van der Waals surface area contributed by atoms with Crippen LogP contribution in [0, 0.1) is 6.92 Å². The van der Waals surface area contributed by atoms with Crippen LogP contribution < -0.4 is 11.1 Å². The maximum Gasteiger partial charge on any atom is 0.269 e. The van der Waals surface area contributed by atoms with Gasteiger partial charge in [-0.1, -0.05) is 18.2 Å². The molecule has 5 nitrogen and oxygen atoms in total. The smallest absolute Gasteiger partial charge is 0.269 e. The second-order valence-electron chi connectivity index (χ2n) is 3.62. The number of hydrogen-bond donors (Lipinski definition) is 2. The molecule has 0 aliphatic rings. The first-order valence-corrected chi connectivity index (χ1v) is 5.13. The fourth-order valence-corrected chi connectivity index (χ4v) is 1.46. The van der Waals surface area contributed by atoms with E-state index in [1.807, 2.05) is 30.3 Å². The maximum absolute atomic E-state index is 11.0. The van der Waals surface area contributed by atoms with Crippen LogP contribution >= 0.6 is 0 Å². The number of nitrogens with zero attached hydrogens (tertiary/aromatic N) is 2. The SMILES string of the molecule is Cc1cc(Nc2ccccc2)nnc1C(N)=O. The highest BCUT2D eigenvalue weighted by Gasteiger charge is 2.08. The molecule has 2 aromatic rings. The van der Waals surface area contributed by atoms with Crippen molar-refractivity contribution in [1.82, 2.24) is 10.2 Å². The summed E-state index contributed by atoms with van der Waals surface area (Å²) in [7, 11) is 0. The van der Waals surface area contributed by atoms with Crippen LogP contribution in [-0.4, -0.2) is 16.1 Å². The van der Waals surface area contributed by atoms with Gasteiger partial charge in [-0.15, -0.1) is 10.2 Å². The zero-order valence-electron chi connectivity index (χ0n) is 9.34. The van der Waals surface area contributed by atoms with E-state index in [2.05, 4.69) is 15.5 Å². The van der Waals surface area contributed by atoms with E-state index in [0.717, 1.165) is 5.69 Å². The summed E-state index contributed by atoms with van der Waals surface area (Å²) in [5.74, 6) is 0.0139. The topological polar surface area (TPSA) is 80.9 Å². The molecule has 3 N–H and O–H groups in total. The minimum atomic E-state index is -0.568. The molecular formula is C12H12N4O. The fourth-order valence-electron chi connectivity index (χ4n) is 1.46. The summed E-state index contributed by atoms with van der Waals surface area (Å²) in [6.07, 6.45) is 0. The molecule has 2 rings (SSSR count). The largest absolute Gasteiger partial charge is 0.364 e. The summed E-state index contributed by atoms with van der Waals surface area (Å²) in [6, 6.07) is 11.3. The van der Waals surface area contributed by atoms with E-state index in [1.54, 1.807) is 13.0 Å².